The molecule has 1 aliphatic carbocycles. The average molecular weight is 296 g/mol. The van der Waals surface area contributed by atoms with Crippen LogP contribution in [0.15, 0.2) is 24.3 Å². The van der Waals surface area contributed by atoms with Gasteiger partial charge in [-0.2, -0.15) is 0 Å². The molecule has 1 aromatic carbocycles. The molecular formula is C15H24N2O2S. The van der Waals surface area contributed by atoms with E-state index in [1.807, 2.05) is 24.3 Å². The number of sulfonamides is 1. The molecular weight excluding hydrogens is 272 g/mol. The normalized spacial score (nSPS) is 16.9. The summed E-state index contributed by atoms with van der Waals surface area (Å²) in [6.07, 6.45) is 4.77. The van der Waals surface area contributed by atoms with Crippen molar-refractivity contribution in [3.8, 4) is 0 Å². The van der Waals surface area contributed by atoms with Crippen molar-refractivity contribution < 1.29 is 8.42 Å². The van der Waals surface area contributed by atoms with Crippen molar-refractivity contribution >= 4 is 10.0 Å². The predicted molar refractivity (Wildman–Crippen MR) is 81.5 cm³/mol. The Kier molecular flexibility index (Phi) is 5.18. The highest BCUT2D eigenvalue weighted by atomic mass is 32.2. The lowest BCUT2D eigenvalue weighted by Crippen LogP contribution is -2.32. The number of hydrogen-bond donors (Lipinski definition) is 1. The summed E-state index contributed by atoms with van der Waals surface area (Å²) < 4.78 is 26.4. The van der Waals surface area contributed by atoms with E-state index in [9.17, 15) is 8.42 Å². The second kappa shape index (κ2) is 6.70. The van der Waals surface area contributed by atoms with Crippen LogP contribution in [0.1, 0.15) is 36.8 Å². The summed E-state index contributed by atoms with van der Waals surface area (Å²) in [6, 6.07) is 7.49. The average Bonchev–Trinajstić information content (AvgIpc) is 2.92. The Morgan fingerprint density at radius 3 is 2.40 bits per heavy atom. The number of rotatable bonds is 6. The van der Waals surface area contributed by atoms with Gasteiger partial charge < -0.3 is 5.73 Å². The summed E-state index contributed by atoms with van der Waals surface area (Å²) in [7, 11) is -1.56. The summed E-state index contributed by atoms with van der Waals surface area (Å²) in [5.74, 6) is 0.573. The van der Waals surface area contributed by atoms with E-state index in [4.69, 9.17) is 5.73 Å². The van der Waals surface area contributed by atoms with Crippen molar-refractivity contribution in [3.05, 3.63) is 35.4 Å². The summed E-state index contributed by atoms with van der Waals surface area (Å²) in [4.78, 5) is 0. The van der Waals surface area contributed by atoms with Gasteiger partial charge in [0.15, 0.2) is 0 Å². The van der Waals surface area contributed by atoms with E-state index in [-0.39, 0.29) is 5.75 Å². The Bertz CT molecular complexity index is 537. The lowest BCUT2D eigenvalue weighted by atomic mass is 10.1. The van der Waals surface area contributed by atoms with Crippen LogP contribution in [0.3, 0.4) is 0 Å². The van der Waals surface area contributed by atoms with Crippen LogP contribution in [0.25, 0.3) is 0 Å². The van der Waals surface area contributed by atoms with Gasteiger partial charge in [-0.1, -0.05) is 37.1 Å². The van der Waals surface area contributed by atoms with E-state index in [1.165, 1.54) is 17.1 Å². The maximum absolute atomic E-state index is 12.4. The van der Waals surface area contributed by atoms with Gasteiger partial charge in [0, 0.05) is 20.1 Å². The maximum Gasteiger partial charge on any atom is 0.218 e. The molecule has 1 aliphatic rings. The quantitative estimate of drug-likeness (QED) is 0.874. The zero-order valence-electron chi connectivity index (χ0n) is 12.1. The molecule has 0 atom stereocenters. The second-order valence-electron chi connectivity index (χ2n) is 5.66. The predicted octanol–water partition coefficient (Wildman–Crippen LogP) is 2.10. The van der Waals surface area contributed by atoms with E-state index in [2.05, 4.69) is 0 Å². The molecule has 0 unspecified atom stereocenters. The fourth-order valence-corrected chi connectivity index (χ4v) is 4.21. The molecule has 1 fully saturated rings. The van der Waals surface area contributed by atoms with Gasteiger partial charge in [0.1, 0.15) is 0 Å². The molecule has 0 radical (unpaired) electrons. The van der Waals surface area contributed by atoms with Crippen LogP contribution in [0.2, 0.25) is 0 Å². The summed E-state index contributed by atoms with van der Waals surface area (Å²) in [5.41, 5.74) is 7.39. The van der Waals surface area contributed by atoms with Crippen molar-refractivity contribution in [1.29, 1.82) is 0 Å². The first-order valence-electron chi connectivity index (χ1n) is 7.24. The van der Waals surface area contributed by atoms with Crippen molar-refractivity contribution in [3.63, 3.8) is 0 Å². The third-order valence-corrected chi connectivity index (χ3v) is 5.92. The third kappa shape index (κ3) is 3.81. The van der Waals surface area contributed by atoms with Gasteiger partial charge in [0.25, 0.3) is 0 Å². The number of hydrogen-bond acceptors (Lipinski definition) is 3. The van der Waals surface area contributed by atoms with Gasteiger partial charge in [0.05, 0.1) is 5.75 Å². The topological polar surface area (TPSA) is 63.4 Å². The largest absolute Gasteiger partial charge is 0.326 e. The molecule has 0 spiro atoms. The lowest BCUT2D eigenvalue weighted by Gasteiger charge is -2.21. The summed E-state index contributed by atoms with van der Waals surface area (Å²) >= 11 is 0. The first-order chi connectivity index (χ1) is 9.53. The van der Waals surface area contributed by atoms with Crippen LogP contribution in [0, 0.1) is 5.92 Å². The van der Waals surface area contributed by atoms with Crippen molar-refractivity contribution in [2.24, 2.45) is 11.7 Å². The van der Waals surface area contributed by atoms with E-state index < -0.39 is 10.0 Å². The molecule has 1 aromatic rings. The van der Waals surface area contributed by atoms with Gasteiger partial charge in [-0.15, -0.1) is 0 Å². The Hall–Kier alpha value is -0.910. The summed E-state index contributed by atoms with van der Waals surface area (Å²) in [6.45, 7) is 1.02. The first kappa shape index (κ1) is 15.5. The van der Waals surface area contributed by atoms with Crippen LogP contribution >= 0.6 is 0 Å². The molecule has 0 amide bonds. The second-order valence-corrected chi connectivity index (χ2v) is 7.74. The van der Waals surface area contributed by atoms with Crippen LogP contribution in [-0.2, 0) is 22.3 Å². The van der Waals surface area contributed by atoms with Crippen molar-refractivity contribution in [2.45, 2.75) is 38.0 Å². The van der Waals surface area contributed by atoms with Gasteiger partial charge in [0.2, 0.25) is 10.0 Å². The zero-order valence-corrected chi connectivity index (χ0v) is 12.9. The highest BCUT2D eigenvalue weighted by Gasteiger charge is 2.24. The summed E-state index contributed by atoms with van der Waals surface area (Å²) in [5, 5.41) is 0. The van der Waals surface area contributed by atoms with E-state index in [0.29, 0.717) is 19.0 Å². The molecule has 2 N–H and O–H groups in total. The maximum atomic E-state index is 12.4. The van der Waals surface area contributed by atoms with Gasteiger partial charge in [-0.25, -0.2) is 12.7 Å². The number of nitrogens with zero attached hydrogens (tertiary/aromatic N) is 1. The van der Waals surface area contributed by atoms with Gasteiger partial charge >= 0.3 is 0 Å². The van der Waals surface area contributed by atoms with Crippen LogP contribution in [-0.4, -0.2) is 26.3 Å². The minimum atomic E-state index is -3.26. The molecule has 0 bridgehead atoms. The van der Waals surface area contributed by atoms with E-state index in [1.54, 1.807) is 7.05 Å². The van der Waals surface area contributed by atoms with Crippen LogP contribution in [0.5, 0.6) is 0 Å². The fraction of sp³-hybridized carbons (Fsp3) is 0.600. The van der Waals surface area contributed by atoms with Crippen molar-refractivity contribution in [2.75, 3.05) is 13.6 Å². The van der Waals surface area contributed by atoms with Gasteiger partial charge in [-0.05, 0) is 29.9 Å². The SMILES string of the molecule is CN(CC1CCCC1)S(=O)(=O)Cc1ccccc1CN. The highest BCUT2D eigenvalue weighted by Crippen LogP contribution is 2.26. The first-order valence-corrected chi connectivity index (χ1v) is 8.84. The van der Waals surface area contributed by atoms with Crippen LogP contribution < -0.4 is 5.73 Å². The third-order valence-electron chi connectivity index (χ3n) is 4.14. The van der Waals surface area contributed by atoms with Crippen molar-refractivity contribution in [1.82, 2.24) is 4.31 Å². The van der Waals surface area contributed by atoms with Gasteiger partial charge in [-0.3, -0.25) is 0 Å². The van der Waals surface area contributed by atoms with E-state index >= 15 is 0 Å². The standard InChI is InChI=1S/C15H24N2O2S/c1-17(11-13-6-2-3-7-13)20(18,19)12-15-9-5-4-8-14(15)10-16/h4-5,8-9,13H,2-3,6-7,10-12,16H2,1H3. The van der Waals surface area contributed by atoms with E-state index in [0.717, 1.165) is 24.0 Å². The molecule has 112 valence electrons. The molecule has 20 heavy (non-hydrogen) atoms. The Morgan fingerprint density at radius 1 is 1.20 bits per heavy atom. The Balaban J connectivity index is 2.05. The minimum Gasteiger partial charge on any atom is -0.326 e. The van der Waals surface area contributed by atoms with Crippen LogP contribution in [0.4, 0.5) is 0 Å². The smallest absolute Gasteiger partial charge is 0.218 e. The molecule has 1 saturated carbocycles. The molecule has 2 rings (SSSR count). The molecule has 0 aromatic heterocycles. The Labute approximate surface area is 122 Å². The molecule has 0 aliphatic heterocycles. The molecule has 0 saturated heterocycles. The molecule has 0 heterocycles. The molecule has 4 nitrogen and oxygen atoms in total. The monoisotopic (exact) mass is 296 g/mol. The fourth-order valence-electron chi connectivity index (χ4n) is 2.87. The number of benzene rings is 1. The highest BCUT2D eigenvalue weighted by molar-refractivity contribution is 7.88. The zero-order chi connectivity index (χ0) is 14.6. The number of nitrogens with two attached hydrogens (primary N) is 1. The Morgan fingerprint density at radius 2 is 1.80 bits per heavy atom. The molecule has 5 heteroatoms. The lowest BCUT2D eigenvalue weighted by molar-refractivity contribution is 0.387. The minimum absolute atomic E-state index is 0.0452.